The van der Waals surface area contributed by atoms with Gasteiger partial charge in [0.15, 0.2) is 5.82 Å². The number of aromatic nitrogens is 2. The minimum absolute atomic E-state index is 0.0142. The second-order valence-corrected chi connectivity index (χ2v) is 5.63. The summed E-state index contributed by atoms with van der Waals surface area (Å²) in [4.78, 5) is 16.9. The van der Waals surface area contributed by atoms with Gasteiger partial charge < -0.3 is 14.0 Å². The van der Waals surface area contributed by atoms with E-state index in [2.05, 4.69) is 10.1 Å². The molecule has 21 heavy (non-hydrogen) atoms. The molecule has 0 N–H and O–H groups in total. The zero-order valence-electron chi connectivity index (χ0n) is 13.1. The number of esters is 1. The lowest BCUT2D eigenvalue weighted by Crippen LogP contribution is -2.39. The van der Waals surface area contributed by atoms with Crippen molar-refractivity contribution in [3.8, 4) is 0 Å². The van der Waals surface area contributed by atoms with E-state index in [4.69, 9.17) is 14.0 Å². The molecule has 0 radical (unpaired) electrons. The summed E-state index contributed by atoms with van der Waals surface area (Å²) < 4.78 is 15.9. The fourth-order valence-corrected chi connectivity index (χ4v) is 2.80. The molecule has 1 fully saturated rings. The van der Waals surface area contributed by atoms with Gasteiger partial charge in [0.1, 0.15) is 5.41 Å². The standard InChI is InChI=1S/C15H24N2O4/c1-4-20-14(18)15(8-6-5-7-9-15)13-16-12(17-21-13)10-11(2)19-3/h11H,4-10H2,1-3H3. The molecule has 0 bridgehead atoms. The Bertz CT molecular complexity index is 466. The first kappa shape index (κ1) is 15.9. The minimum atomic E-state index is -0.754. The molecule has 1 aromatic rings. The van der Waals surface area contributed by atoms with Crippen molar-refractivity contribution in [1.82, 2.24) is 10.1 Å². The van der Waals surface area contributed by atoms with Crippen molar-refractivity contribution in [3.63, 3.8) is 0 Å². The van der Waals surface area contributed by atoms with E-state index in [0.29, 0.717) is 37.6 Å². The molecule has 1 heterocycles. The molecule has 0 amide bonds. The van der Waals surface area contributed by atoms with Gasteiger partial charge in [-0.15, -0.1) is 0 Å². The first-order chi connectivity index (χ1) is 10.1. The highest BCUT2D eigenvalue weighted by atomic mass is 16.5. The lowest BCUT2D eigenvalue weighted by molar-refractivity contribution is -0.152. The van der Waals surface area contributed by atoms with Gasteiger partial charge in [-0.1, -0.05) is 24.4 Å². The van der Waals surface area contributed by atoms with E-state index in [1.807, 2.05) is 13.8 Å². The summed E-state index contributed by atoms with van der Waals surface area (Å²) in [5.41, 5.74) is -0.754. The summed E-state index contributed by atoms with van der Waals surface area (Å²) in [5, 5.41) is 3.99. The number of methoxy groups -OCH3 is 1. The number of ether oxygens (including phenoxy) is 2. The largest absolute Gasteiger partial charge is 0.465 e. The quantitative estimate of drug-likeness (QED) is 0.750. The van der Waals surface area contributed by atoms with Gasteiger partial charge >= 0.3 is 5.97 Å². The summed E-state index contributed by atoms with van der Waals surface area (Å²) in [7, 11) is 1.65. The fraction of sp³-hybridized carbons (Fsp3) is 0.800. The number of hydrogen-bond donors (Lipinski definition) is 0. The maximum atomic E-state index is 12.4. The predicted octanol–water partition coefficient (Wildman–Crippen LogP) is 2.41. The molecule has 6 nitrogen and oxygen atoms in total. The van der Waals surface area contributed by atoms with E-state index in [-0.39, 0.29) is 12.1 Å². The third kappa shape index (κ3) is 3.43. The number of nitrogens with zero attached hydrogens (tertiary/aromatic N) is 2. The molecular formula is C15H24N2O4. The van der Waals surface area contributed by atoms with E-state index in [9.17, 15) is 4.79 Å². The SMILES string of the molecule is CCOC(=O)C1(c2nc(CC(C)OC)no2)CCCCC1. The van der Waals surface area contributed by atoms with E-state index in [1.165, 1.54) is 0 Å². The average molecular weight is 296 g/mol. The van der Waals surface area contributed by atoms with Crippen LogP contribution in [-0.4, -0.2) is 35.9 Å². The van der Waals surface area contributed by atoms with E-state index in [1.54, 1.807) is 7.11 Å². The Kier molecular flexibility index (Phi) is 5.33. The van der Waals surface area contributed by atoms with Gasteiger partial charge in [-0.05, 0) is 26.7 Å². The molecule has 1 unspecified atom stereocenters. The van der Waals surface area contributed by atoms with Crippen LogP contribution in [0.4, 0.5) is 0 Å². The predicted molar refractivity (Wildman–Crippen MR) is 75.9 cm³/mol. The molecule has 0 aromatic carbocycles. The Morgan fingerprint density at radius 2 is 2.10 bits per heavy atom. The van der Waals surface area contributed by atoms with Gasteiger partial charge in [-0.3, -0.25) is 4.79 Å². The van der Waals surface area contributed by atoms with Crippen molar-refractivity contribution in [1.29, 1.82) is 0 Å². The highest BCUT2D eigenvalue weighted by molar-refractivity contribution is 5.82. The molecule has 1 aliphatic carbocycles. The average Bonchev–Trinajstić information content (AvgIpc) is 2.97. The Hall–Kier alpha value is -1.43. The van der Waals surface area contributed by atoms with Crippen molar-refractivity contribution in [3.05, 3.63) is 11.7 Å². The second-order valence-electron chi connectivity index (χ2n) is 5.63. The third-order valence-electron chi connectivity index (χ3n) is 4.12. The molecule has 1 atom stereocenters. The zero-order chi connectivity index (χ0) is 15.3. The van der Waals surface area contributed by atoms with Crippen molar-refractivity contribution < 1.29 is 18.8 Å². The molecule has 2 rings (SSSR count). The highest BCUT2D eigenvalue weighted by Crippen LogP contribution is 2.39. The summed E-state index contributed by atoms with van der Waals surface area (Å²) in [6, 6.07) is 0. The second kappa shape index (κ2) is 7.02. The van der Waals surface area contributed by atoms with Crippen LogP contribution in [0, 0.1) is 0 Å². The Labute approximate surface area is 125 Å². The van der Waals surface area contributed by atoms with Gasteiger partial charge in [-0.2, -0.15) is 4.98 Å². The lowest BCUT2D eigenvalue weighted by atomic mass is 9.74. The monoisotopic (exact) mass is 296 g/mol. The van der Waals surface area contributed by atoms with Gasteiger partial charge in [0, 0.05) is 13.5 Å². The van der Waals surface area contributed by atoms with E-state index < -0.39 is 5.41 Å². The maximum absolute atomic E-state index is 12.4. The van der Waals surface area contributed by atoms with Gasteiger partial charge in [0.25, 0.3) is 0 Å². The van der Waals surface area contributed by atoms with Gasteiger partial charge in [0.05, 0.1) is 12.7 Å². The van der Waals surface area contributed by atoms with Crippen LogP contribution in [0.1, 0.15) is 57.7 Å². The van der Waals surface area contributed by atoms with Crippen LogP contribution in [-0.2, 0) is 26.1 Å². The number of rotatable bonds is 6. The van der Waals surface area contributed by atoms with Crippen molar-refractivity contribution in [2.24, 2.45) is 0 Å². The third-order valence-corrected chi connectivity index (χ3v) is 4.12. The number of carbonyl (C=O) groups excluding carboxylic acids is 1. The van der Waals surface area contributed by atoms with Crippen LogP contribution < -0.4 is 0 Å². The normalized spacial score (nSPS) is 19.2. The van der Waals surface area contributed by atoms with Crippen molar-refractivity contribution >= 4 is 5.97 Å². The van der Waals surface area contributed by atoms with Crippen LogP contribution in [0.2, 0.25) is 0 Å². The fourth-order valence-electron chi connectivity index (χ4n) is 2.80. The van der Waals surface area contributed by atoms with Gasteiger partial charge in [-0.25, -0.2) is 0 Å². The molecule has 0 spiro atoms. The summed E-state index contributed by atoms with van der Waals surface area (Å²) in [5.74, 6) is 0.743. The van der Waals surface area contributed by atoms with Crippen LogP contribution in [0.5, 0.6) is 0 Å². The Morgan fingerprint density at radius 1 is 1.38 bits per heavy atom. The molecule has 1 aromatic heterocycles. The van der Waals surface area contributed by atoms with Crippen LogP contribution >= 0.6 is 0 Å². The van der Waals surface area contributed by atoms with Crippen molar-refractivity contribution in [2.75, 3.05) is 13.7 Å². The molecule has 6 heteroatoms. The Morgan fingerprint density at radius 3 is 2.71 bits per heavy atom. The topological polar surface area (TPSA) is 74.5 Å². The molecule has 118 valence electrons. The smallest absolute Gasteiger partial charge is 0.321 e. The first-order valence-corrected chi connectivity index (χ1v) is 7.65. The summed E-state index contributed by atoms with van der Waals surface area (Å²) in [6.07, 6.45) is 5.10. The molecule has 1 saturated carbocycles. The first-order valence-electron chi connectivity index (χ1n) is 7.65. The minimum Gasteiger partial charge on any atom is -0.465 e. The van der Waals surface area contributed by atoms with Crippen LogP contribution in [0.25, 0.3) is 0 Å². The van der Waals surface area contributed by atoms with E-state index >= 15 is 0 Å². The highest BCUT2D eigenvalue weighted by Gasteiger charge is 2.47. The molecule has 1 aliphatic rings. The van der Waals surface area contributed by atoms with Gasteiger partial charge in [0.2, 0.25) is 5.89 Å². The summed E-state index contributed by atoms with van der Waals surface area (Å²) in [6.45, 7) is 4.12. The zero-order valence-corrected chi connectivity index (χ0v) is 13.1. The molecule has 0 saturated heterocycles. The van der Waals surface area contributed by atoms with Crippen LogP contribution in [0.15, 0.2) is 4.52 Å². The number of hydrogen-bond acceptors (Lipinski definition) is 6. The van der Waals surface area contributed by atoms with Crippen molar-refractivity contribution in [2.45, 2.75) is 63.9 Å². The summed E-state index contributed by atoms with van der Waals surface area (Å²) >= 11 is 0. The van der Waals surface area contributed by atoms with Crippen LogP contribution in [0.3, 0.4) is 0 Å². The number of carbonyl (C=O) groups is 1. The Balaban J connectivity index is 2.23. The maximum Gasteiger partial charge on any atom is 0.321 e. The van der Waals surface area contributed by atoms with E-state index in [0.717, 1.165) is 19.3 Å². The molecule has 0 aliphatic heterocycles. The lowest BCUT2D eigenvalue weighted by Gasteiger charge is -2.31. The molecular weight excluding hydrogens is 272 g/mol.